The van der Waals surface area contributed by atoms with Gasteiger partial charge in [-0.1, -0.05) is 42.5 Å². The van der Waals surface area contributed by atoms with Gasteiger partial charge < -0.3 is 20.1 Å². The summed E-state index contributed by atoms with van der Waals surface area (Å²) in [5, 5.41) is 16.0. The van der Waals surface area contributed by atoms with Crippen molar-refractivity contribution in [2.45, 2.75) is 19.0 Å². The number of rotatable bonds is 4. The Labute approximate surface area is 128 Å². The van der Waals surface area contributed by atoms with Gasteiger partial charge >= 0.3 is 0 Å². The lowest BCUT2D eigenvalue weighted by Gasteiger charge is -2.32. The second-order valence-corrected chi connectivity index (χ2v) is 5.64. The number of amides is 1. The number of hydrogen-bond acceptors (Lipinski definition) is 3. The van der Waals surface area contributed by atoms with E-state index in [1.54, 1.807) is 0 Å². The summed E-state index contributed by atoms with van der Waals surface area (Å²) in [5.74, 6) is -1.39. The number of benzene rings is 2. The lowest BCUT2D eigenvalue weighted by Crippen LogP contribution is -3.18. The molecule has 5 heteroatoms. The second-order valence-electron chi connectivity index (χ2n) is 5.64. The van der Waals surface area contributed by atoms with Crippen LogP contribution in [0.5, 0.6) is 0 Å². The van der Waals surface area contributed by atoms with Gasteiger partial charge in [-0.2, -0.15) is 0 Å². The number of carboxylic acids is 1. The largest absolute Gasteiger partial charge is 0.550 e. The van der Waals surface area contributed by atoms with Crippen molar-refractivity contribution in [2.75, 3.05) is 13.1 Å². The molecule has 2 atom stereocenters. The number of piperazine rings is 1. The molecule has 1 heterocycles. The quantitative estimate of drug-likeness (QED) is 0.750. The highest BCUT2D eigenvalue weighted by molar-refractivity contribution is 5.86. The maximum absolute atomic E-state index is 12.0. The highest BCUT2D eigenvalue weighted by Gasteiger charge is 2.33. The molecule has 0 aromatic heterocycles. The standard InChI is InChI=1S/C17H18N2O3/c20-16(21)10-15-17(22)18-8-9-19(15)11-13-6-3-5-12-4-1-2-7-14(12)13/h1-7,15H,8-11H2,(H,18,22)(H,20,21)/t15-/m1/s1. The van der Waals surface area contributed by atoms with E-state index in [1.807, 2.05) is 24.3 Å². The minimum absolute atomic E-state index is 0.203. The van der Waals surface area contributed by atoms with E-state index in [4.69, 9.17) is 0 Å². The Hall–Kier alpha value is -2.40. The van der Waals surface area contributed by atoms with Gasteiger partial charge in [0.25, 0.3) is 5.91 Å². The third-order valence-electron chi connectivity index (χ3n) is 4.22. The fraction of sp³-hybridized carbons (Fsp3) is 0.294. The molecule has 114 valence electrons. The molecule has 0 aliphatic carbocycles. The molecule has 1 amide bonds. The SMILES string of the molecule is O=C([O-])C[C@@H]1C(=O)NCC[NH+]1Cc1cccc2ccccc12. The molecule has 2 N–H and O–H groups in total. The lowest BCUT2D eigenvalue weighted by atomic mass is 10.0. The van der Waals surface area contributed by atoms with Crippen LogP contribution in [0.15, 0.2) is 42.5 Å². The van der Waals surface area contributed by atoms with Gasteiger partial charge in [-0.15, -0.1) is 0 Å². The first kappa shape index (κ1) is 14.5. The number of fused-ring (bicyclic) bond motifs is 1. The molecule has 0 saturated carbocycles. The molecule has 1 aliphatic rings. The van der Waals surface area contributed by atoms with Crippen molar-refractivity contribution in [3.63, 3.8) is 0 Å². The van der Waals surface area contributed by atoms with Crippen molar-refractivity contribution in [3.8, 4) is 0 Å². The zero-order valence-corrected chi connectivity index (χ0v) is 12.2. The van der Waals surface area contributed by atoms with E-state index in [2.05, 4.69) is 23.5 Å². The third kappa shape index (κ3) is 2.94. The van der Waals surface area contributed by atoms with Gasteiger partial charge in [-0.25, -0.2) is 0 Å². The minimum atomic E-state index is -1.18. The van der Waals surface area contributed by atoms with Crippen molar-refractivity contribution in [1.82, 2.24) is 5.32 Å². The predicted molar refractivity (Wildman–Crippen MR) is 79.9 cm³/mol. The second kappa shape index (κ2) is 6.15. The van der Waals surface area contributed by atoms with Crippen LogP contribution in [-0.2, 0) is 16.1 Å². The maximum atomic E-state index is 12.0. The predicted octanol–water partition coefficient (Wildman–Crippen LogP) is -1.14. The molecule has 1 saturated heterocycles. The van der Waals surface area contributed by atoms with Gasteiger partial charge in [-0.05, 0) is 10.8 Å². The summed E-state index contributed by atoms with van der Waals surface area (Å²) in [4.78, 5) is 23.9. The van der Waals surface area contributed by atoms with Gasteiger partial charge in [0.05, 0.1) is 13.1 Å². The summed E-state index contributed by atoms with van der Waals surface area (Å²) in [5.41, 5.74) is 1.13. The summed E-state index contributed by atoms with van der Waals surface area (Å²) in [7, 11) is 0. The average Bonchev–Trinajstić information content (AvgIpc) is 2.51. The molecule has 1 unspecified atom stereocenters. The molecule has 22 heavy (non-hydrogen) atoms. The monoisotopic (exact) mass is 298 g/mol. The molecule has 2 aromatic carbocycles. The average molecular weight is 298 g/mol. The normalized spacial score (nSPS) is 21.5. The Morgan fingerprint density at radius 3 is 2.82 bits per heavy atom. The highest BCUT2D eigenvalue weighted by Crippen LogP contribution is 2.17. The van der Waals surface area contributed by atoms with Crippen LogP contribution < -0.4 is 15.3 Å². The molecular weight excluding hydrogens is 280 g/mol. The van der Waals surface area contributed by atoms with E-state index in [0.29, 0.717) is 19.6 Å². The van der Waals surface area contributed by atoms with Crippen LogP contribution in [0, 0.1) is 0 Å². The van der Waals surface area contributed by atoms with Gasteiger partial charge in [0.15, 0.2) is 6.04 Å². The Morgan fingerprint density at radius 1 is 1.23 bits per heavy atom. The first-order valence-corrected chi connectivity index (χ1v) is 7.44. The molecule has 3 rings (SSSR count). The number of carboxylic acid groups (broad SMARTS) is 1. The summed E-state index contributed by atoms with van der Waals surface area (Å²) in [6, 6.07) is 13.6. The number of carbonyl (C=O) groups excluding carboxylic acids is 2. The molecule has 5 nitrogen and oxygen atoms in total. The van der Waals surface area contributed by atoms with Crippen LogP contribution in [-0.4, -0.2) is 31.0 Å². The van der Waals surface area contributed by atoms with Crippen LogP contribution in [0.4, 0.5) is 0 Å². The molecular formula is C17H18N2O3. The van der Waals surface area contributed by atoms with E-state index in [9.17, 15) is 14.7 Å². The number of quaternary nitrogens is 1. The number of nitrogens with one attached hydrogen (secondary N) is 2. The summed E-state index contributed by atoms with van der Waals surface area (Å²) < 4.78 is 0. The van der Waals surface area contributed by atoms with Crippen molar-refractivity contribution in [1.29, 1.82) is 0 Å². The molecule has 0 spiro atoms. The zero-order chi connectivity index (χ0) is 15.5. The van der Waals surface area contributed by atoms with Crippen molar-refractivity contribution < 1.29 is 19.6 Å². The fourth-order valence-corrected chi connectivity index (χ4v) is 3.14. The number of carbonyl (C=O) groups is 2. The van der Waals surface area contributed by atoms with Crippen LogP contribution in [0.25, 0.3) is 10.8 Å². The van der Waals surface area contributed by atoms with Gasteiger partial charge in [0, 0.05) is 18.0 Å². The van der Waals surface area contributed by atoms with Gasteiger partial charge in [0.1, 0.15) is 6.54 Å². The van der Waals surface area contributed by atoms with E-state index >= 15 is 0 Å². The Kier molecular flexibility index (Phi) is 4.06. The number of aliphatic carboxylic acids is 1. The van der Waals surface area contributed by atoms with Crippen LogP contribution in [0.1, 0.15) is 12.0 Å². The first-order valence-electron chi connectivity index (χ1n) is 7.44. The van der Waals surface area contributed by atoms with E-state index in [1.165, 1.54) is 0 Å². The van der Waals surface area contributed by atoms with Gasteiger partial charge in [-0.3, -0.25) is 4.79 Å². The summed E-state index contributed by atoms with van der Waals surface area (Å²) in [6.45, 7) is 1.92. The summed E-state index contributed by atoms with van der Waals surface area (Å²) in [6.07, 6.45) is -0.244. The van der Waals surface area contributed by atoms with Crippen molar-refractivity contribution >= 4 is 22.6 Å². The van der Waals surface area contributed by atoms with Crippen molar-refractivity contribution in [2.24, 2.45) is 0 Å². The van der Waals surface area contributed by atoms with Crippen LogP contribution in [0.3, 0.4) is 0 Å². The van der Waals surface area contributed by atoms with Crippen molar-refractivity contribution in [3.05, 3.63) is 48.0 Å². The topological polar surface area (TPSA) is 73.7 Å². The smallest absolute Gasteiger partial charge is 0.278 e. The number of hydrogen-bond donors (Lipinski definition) is 2. The van der Waals surface area contributed by atoms with Crippen LogP contribution in [0.2, 0.25) is 0 Å². The molecule has 0 radical (unpaired) electrons. The van der Waals surface area contributed by atoms with E-state index in [0.717, 1.165) is 21.2 Å². The molecule has 0 bridgehead atoms. The first-order chi connectivity index (χ1) is 10.6. The Bertz CT molecular complexity index is 709. The Balaban J connectivity index is 1.89. The van der Waals surface area contributed by atoms with Crippen LogP contribution >= 0.6 is 0 Å². The van der Waals surface area contributed by atoms with Gasteiger partial charge in [0.2, 0.25) is 0 Å². The summed E-state index contributed by atoms with van der Waals surface area (Å²) >= 11 is 0. The van der Waals surface area contributed by atoms with E-state index in [-0.39, 0.29) is 12.3 Å². The van der Waals surface area contributed by atoms with E-state index < -0.39 is 12.0 Å². The fourth-order valence-electron chi connectivity index (χ4n) is 3.14. The highest BCUT2D eigenvalue weighted by atomic mass is 16.4. The third-order valence-corrected chi connectivity index (χ3v) is 4.22. The molecule has 1 fully saturated rings. The Morgan fingerprint density at radius 2 is 2.00 bits per heavy atom. The minimum Gasteiger partial charge on any atom is -0.550 e. The molecule has 2 aromatic rings. The lowest BCUT2D eigenvalue weighted by molar-refractivity contribution is -0.930. The zero-order valence-electron chi connectivity index (χ0n) is 12.2. The maximum Gasteiger partial charge on any atom is 0.278 e. The molecule has 1 aliphatic heterocycles.